The maximum Gasteiger partial charge on any atom is 0.227 e. The summed E-state index contributed by atoms with van der Waals surface area (Å²) in [5, 5.41) is 7.39. The highest BCUT2D eigenvalue weighted by molar-refractivity contribution is 7.99. The predicted molar refractivity (Wildman–Crippen MR) is 77.9 cm³/mol. The van der Waals surface area contributed by atoms with Gasteiger partial charge in [0.05, 0.1) is 5.41 Å². The Kier molecular flexibility index (Phi) is 4.96. The largest absolute Gasteiger partial charge is 0.353 e. The fraction of sp³-hybridized carbons (Fsp3) is 0.929. The van der Waals surface area contributed by atoms with Gasteiger partial charge in [-0.3, -0.25) is 4.79 Å². The van der Waals surface area contributed by atoms with Crippen LogP contribution in [0.5, 0.6) is 0 Å². The van der Waals surface area contributed by atoms with Gasteiger partial charge in [-0.2, -0.15) is 11.8 Å². The average molecular weight is 270 g/mol. The third-order valence-electron chi connectivity index (χ3n) is 4.27. The molecule has 0 spiro atoms. The van der Waals surface area contributed by atoms with Crippen LogP contribution < -0.4 is 10.6 Å². The Bertz CT molecular complexity index is 290. The number of carbonyl (C=O) groups excluding carboxylic acids is 1. The van der Waals surface area contributed by atoms with Gasteiger partial charge in [0.1, 0.15) is 0 Å². The van der Waals surface area contributed by atoms with Crippen LogP contribution in [-0.4, -0.2) is 36.0 Å². The Morgan fingerprint density at radius 1 is 1.50 bits per heavy atom. The van der Waals surface area contributed by atoms with Gasteiger partial charge in [0.2, 0.25) is 5.91 Å². The molecule has 4 heteroatoms. The van der Waals surface area contributed by atoms with Gasteiger partial charge >= 0.3 is 0 Å². The lowest BCUT2D eigenvalue weighted by atomic mass is 9.81. The molecule has 1 amide bonds. The summed E-state index contributed by atoms with van der Waals surface area (Å²) in [5.74, 6) is 1.45. The van der Waals surface area contributed by atoms with Crippen LogP contribution in [0.25, 0.3) is 0 Å². The van der Waals surface area contributed by atoms with Crippen molar-refractivity contribution in [2.75, 3.05) is 18.8 Å². The number of carbonyl (C=O) groups is 1. The fourth-order valence-corrected chi connectivity index (χ4v) is 4.21. The van der Waals surface area contributed by atoms with Crippen molar-refractivity contribution in [3.05, 3.63) is 0 Å². The minimum absolute atomic E-state index is 0.186. The summed E-state index contributed by atoms with van der Waals surface area (Å²) in [5.41, 5.74) is -0.186. The molecule has 0 bridgehead atoms. The first-order valence-electron chi connectivity index (χ1n) is 7.27. The van der Waals surface area contributed by atoms with Crippen LogP contribution in [0.3, 0.4) is 0 Å². The van der Waals surface area contributed by atoms with Crippen molar-refractivity contribution in [2.45, 2.75) is 57.2 Å². The highest BCUT2D eigenvalue weighted by Crippen LogP contribution is 2.31. The Hall–Kier alpha value is -0.220. The Labute approximate surface area is 115 Å². The molecular weight excluding hydrogens is 244 g/mol. The first kappa shape index (κ1) is 14.2. The molecule has 0 aromatic heterocycles. The molecule has 3 nitrogen and oxygen atoms in total. The number of hydrogen-bond acceptors (Lipinski definition) is 3. The Morgan fingerprint density at radius 2 is 2.33 bits per heavy atom. The van der Waals surface area contributed by atoms with E-state index in [1.165, 1.54) is 12.2 Å². The maximum absolute atomic E-state index is 12.4. The van der Waals surface area contributed by atoms with Crippen LogP contribution in [0, 0.1) is 5.41 Å². The van der Waals surface area contributed by atoms with E-state index in [1.807, 2.05) is 11.8 Å². The van der Waals surface area contributed by atoms with E-state index in [9.17, 15) is 4.79 Å². The molecule has 1 aliphatic heterocycles. The van der Waals surface area contributed by atoms with Gasteiger partial charge in [0, 0.05) is 17.8 Å². The van der Waals surface area contributed by atoms with Gasteiger partial charge in [-0.05, 0) is 51.3 Å². The van der Waals surface area contributed by atoms with Crippen molar-refractivity contribution >= 4 is 17.7 Å². The van der Waals surface area contributed by atoms with Crippen LogP contribution in [-0.2, 0) is 4.79 Å². The number of thioether (sulfide) groups is 1. The number of rotatable bonds is 4. The summed E-state index contributed by atoms with van der Waals surface area (Å²) < 4.78 is 0. The number of nitrogens with one attached hydrogen (secondary N) is 2. The predicted octanol–water partition coefficient (Wildman–Crippen LogP) is 2.17. The molecule has 3 unspecified atom stereocenters. The smallest absolute Gasteiger partial charge is 0.227 e. The van der Waals surface area contributed by atoms with Crippen molar-refractivity contribution < 1.29 is 4.79 Å². The number of amides is 1. The molecule has 1 heterocycles. The monoisotopic (exact) mass is 270 g/mol. The fourth-order valence-electron chi connectivity index (χ4n) is 3.07. The maximum atomic E-state index is 12.4. The van der Waals surface area contributed by atoms with Crippen LogP contribution in [0.4, 0.5) is 0 Å². The van der Waals surface area contributed by atoms with Gasteiger partial charge in [-0.15, -0.1) is 0 Å². The third kappa shape index (κ3) is 3.41. The zero-order valence-electron chi connectivity index (χ0n) is 11.6. The van der Waals surface area contributed by atoms with E-state index in [4.69, 9.17) is 0 Å². The molecule has 1 saturated heterocycles. The van der Waals surface area contributed by atoms with Crippen LogP contribution in [0.15, 0.2) is 0 Å². The second-order valence-electron chi connectivity index (χ2n) is 5.90. The summed E-state index contributed by atoms with van der Waals surface area (Å²) in [6.07, 6.45) is 5.72. The molecule has 2 fully saturated rings. The van der Waals surface area contributed by atoms with E-state index in [-0.39, 0.29) is 11.3 Å². The van der Waals surface area contributed by atoms with Crippen molar-refractivity contribution in [1.29, 1.82) is 0 Å². The molecule has 0 aromatic rings. The van der Waals surface area contributed by atoms with E-state index < -0.39 is 0 Å². The minimum atomic E-state index is -0.186. The lowest BCUT2D eigenvalue weighted by molar-refractivity contribution is -0.131. The molecule has 1 aliphatic carbocycles. The summed E-state index contributed by atoms with van der Waals surface area (Å²) in [4.78, 5) is 12.4. The normalized spacial score (nSPS) is 36.6. The second-order valence-corrected chi connectivity index (χ2v) is 7.48. The first-order chi connectivity index (χ1) is 8.64. The molecule has 3 atom stereocenters. The van der Waals surface area contributed by atoms with Crippen LogP contribution in [0.1, 0.15) is 46.0 Å². The molecule has 0 aromatic carbocycles. The molecule has 2 rings (SSSR count). The number of piperidine rings is 1. The average Bonchev–Trinajstić information content (AvgIpc) is 2.78. The summed E-state index contributed by atoms with van der Waals surface area (Å²) in [7, 11) is 0. The quantitative estimate of drug-likeness (QED) is 0.822. The Morgan fingerprint density at radius 3 is 3.00 bits per heavy atom. The molecule has 18 heavy (non-hydrogen) atoms. The SMILES string of the molecule is CCSC1CCC(NC(=O)C2(C)CCCNC2)C1. The zero-order valence-corrected chi connectivity index (χ0v) is 12.4. The molecule has 104 valence electrons. The summed E-state index contributed by atoms with van der Waals surface area (Å²) in [6, 6.07) is 0.417. The van der Waals surface area contributed by atoms with Crippen molar-refractivity contribution in [2.24, 2.45) is 5.41 Å². The van der Waals surface area contributed by atoms with E-state index in [0.29, 0.717) is 6.04 Å². The van der Waals surface area contributed by atoms with Gasteiger partial charge in [0.25, 0.3) is 0 Å². The number of hydrogen-bond donors (Lipinski definition) is 2. The van der Waals surface area contributed by atoms with Crippen molar-refractivity contribution in [3.63, 3.8) is 0 Å². The first-order valence-corrected chi connectivity index (χ1v) is 8.32. The highest BCUT2D eigenvalue weighted by Gasteiger charge is 2.36. The minimum Gasteiger partial charge on any atom is -0.353 e. The third-order valence-corrected chi connectivity index (χ3v) is 5.50. The van der Waals surface area contributed by atoms with Gasteiger partial charge in [-0.25, -0.2) is 0 Å². The van der Waals surface area contributed by atoms with Crippen LogP contribution in [0.2, 0.25) is 0 Å². The van der Waals surface area contributed by atoms with E-state index >= 15 is 0 Å². The lowest BCUT2D eigenvalue weighted by Gasteiger charge is -2.33. The van der Waals surface area contributed by atoms with Crippen molar-refractivity contribution in [1.82, 2.24) is 10.6 Å². The van der Waals surface area contributed by atoms with E-state index in [0.717, 1.165) is 44.0 Å². The van der Waals surface area contributed by atoms with Crippen LogP contribution >= 0.6 is 11.8 Å². The topological polar surface area (TPSA) is 41.1 Å². The Balaban J connectivity index is 1.81. The zero-order chi connectivity index (χ0) is 13.0. The van der Waals surface area contributed by atoms with Gasteiger partial charge in [0.15, 0.2) is 0 Å². The van der Waals surface area contributed by atoms with Crippen molar-refractivity contribution in [3.8, 4) is 0 Å². The van der Waals surface area contributed by atoms with E-state index in [2.05, 4.69) is 24.5 Å². The molecular formula is C14H26N2OS. The van der Waals surface area contributed by atoms with Gasteiger partial charge in [-0.1, -0.05) is 6.92 Å². The van der Waals surface area contributed by atoms with Gasteiger partial charge < -0.3 is 10.6 Å². The lowest BCUT2D eigenvalue weighted by Crippen LogP contribution is -2.50. The standard InChI is InChI=1S/C14H26N2OS/c1-3-18-12-6-5-11(9-12)16-13(17)14(2)7-4-8-15-10-14/h11-12,15H,3-10H2,1-2H3,(H,16,17). The molecule has 2 aliphatic rings. The van der Waals surface area contributed by atoms with E-state index in [1.54, 1.807) is 0 Å². The molecule has 0 radical (unpaired) electrons. The summed E-state index contributed by atoms with van der Waals surface area (Å²) in [6.45, 7) is 6.20. The second kappa shape index (κ2) is 6.29. The molecule has 1 saturated carbocycles. The highest BCUT2D eigenvalue weighted by atomic mass is 32.2. The molecule has 2 N–H and O–H groups in total. The summed E-state index contributed by atoms with van der Waals surface area (Å²) >= 11 is 2.04.